The van der Waals surface area contributed by atoms with Crippen molar-refractivity contribution in [3.05, 3.63) is 29.8 Å². The summed E-state index contributed by atoms with van der Waals surface area (Å²) in [6.45, 7) is 2.76. The summed E-state index contributed by atoms with van der Waals surface area (Å²) < 4.78 is 5.35. The van der Waals surface area contributed by atoms with Gasteiger partial charge in [0.25, 0.3) is 0 Å². The normalized spacial score (nSPS) is 23.7. The van der Waals surface area contributed by atoms with E-state index < -0.39 is 11.4 Å². The monoisotopic (exact) mass is 374 g/mol. The average Bonchev–Trinajstić information content (AvgIpc) is 3.13. The van der Waals surface area contributed by atoms with E-state index in [-0.39, 0.29) is 24.5 Å². The van der Waals surface area contributed by atoms with E-state index in [1.807, 2.05) is 36.1 Å². The number of aliphatic carboxylic acids is 1. The molecule has 3 rings (SSSR count). The molecule has 0 radical (unpaired) electrons. The second-order valence-electron chi connectivity index (χ2n) is 7.77. The van der Waals surface area contributed by atoms with Crippen molar-refractivity contribution >= 4 is 11.9 Å². The van der Waals surface area contributed by atoms with Gasteiger partial charge in [0.15, 0.2) is 0 Å². The number of rotatable bonds is 8. The Balaban J connectivity index is 1.65. The Kier molecular flexibility index (Phi) is 6.05. The van der Waals surface area contributed by atoms with Crippen molar-refractivity contribution in [2.45, 2.75) is 62.9 Å². The highest BCUT2D eigenvalue weighted by atomic mass is 16.5. The van der Waals surface area contributed by atoms with Crippen LogP contribution in [0.2, 0.25) is 0 Å². The fourth-order valence-corrected chi connectivity index (χ4v) is 4.55. The fraction of sp³-hybridized carbons (Fsp3) is 0.619. The molecule has 2 aliphatic carbocycles. The Labute approximate surface area is 160 Å². The maximum atomic E-state index is 13.2. The van der Waals surface area contributed by atoms with E-state index in [0.717, 1.165) is 49.8 Å². The topological polar surface area (TPSA) is 78.9 Å². The largest absolute Gasteiger partial charge is 0.497 e. The second kappa shape index (κ2) is 8.30. The van der Waals surface area contributed by atoms with Crippen LogP contribution in [0.3, 0.4) is 0 Å². The van der Waals surface area contributed by atoms with E-state index in [1.165, 1.54) is 0 Å². The molecule has 0 aromatic heterocycles. The molecule has 1 aromatic carbocycles. The zero-order valence-corrected chi connectivity index (χ0v) is 16.2. The summed E-state index contributed by atoms with van der Waals surface area (Å²) in [4.78, 5) is 26.2. The van der Waals surface area contributed by atoms with Gasteiger partial charge in [-0.1, -0.05) is 31.9 Å². The summed E-state index contributed by atoms with van der Waals surface area (Å²) in [5.41, 5.74) is 0.569. The molecule has 0 aliphatic heterocycles. The molecule has 0 heterocycles. The van der Waals surface area contributed by atoms with Crippen molar-refractivity contribution < 1.29 is 19.4 Å². The molecule has 2 aliphatic rings. The van der Waals surface area contributed by atoms with E-state index in [4.69, 9.17) is 9.84 Å². The summed E-state index contributed by atoms with van der Waals surface area (Å²) >= 11 is 0. The minimum absolute atomic E-state index is 0.0651. The number of ether oxygens (including phenoxy) is 1. The van der Waals surface area contributed by atoms with Crippen molar-refractivity contribution in [3.63, 3.8) is 0 Å². The van der Waals surface area contributed by atoms with Crippen LogP contribution in [-0.2, 0) is 15.0 Å². The van der Waals surface area contributed by atoms with Gasteiger partial charge in [-0.3, -0.25) is 14.5 Å². The van der Waals surface area contributed by atoms with Gasteiger partial charge in [-0.25, -0.2) is 0 Å². The lowest BCUT2D eigenvalue weighted by atomic mass is 9.76. The van der Waals surface area contributed by atoms with Gasteiger partial charge in [-0.15, -0.1) is 0 Å². The van der Waals surface area contributed by atoms with E-state index in [1.54, 1.807) is 7.11 Å². The highest BCUT2D eigenvalue weighted by Crippen LogP contribution is 2.43. The number of carbonyl (C=O) groups is 2. The van der Waals surface area contributed by atoms with E-state index in [9.17, 15) is 9.59 Å². The third-order valence-corrected chi connectivity index (χ3v) is 6.22. The molecule has 0 unspecified atom stereocenters. The Morgan fingerprint density at radius 2 is 2.00 bits per heavy atom. The zero-order valence-electron chi connectivity index (χ0n) is 16.2. The highest BCUT2D eigenvalue weighted by Gasteiger charge is 2.45. The number of carboxylic acids is 1. The van der Waals surface area contributed by atoms with E-state index in [2.05, 4.69) is 5.32 Å². The maximum absolute atomic E-state index is 13.2. The van der Waals surface area contributed by atoms with Gasteiger partial charge >= 0.3 is 5.97 Å². The first-order chi connectivity index (χ1) is 13.0. The first-order valence-corrected chi connectivity index (χ1v) is 9.90. The average molecular weight is 374 g/mol. The minimum atomic E-state index is -0.799. The van der Waals surface area contributed by atoms with Gasteiger partial charge < -0.3 is 15.2 Å². The Hall–Kier alpha value is -2.08. The number of nitrogens with zero attached hydrogens (tertiary/aromatic N) is 1. The molecule has 0 spiro atoms. The number of methoxy groups -OCH3 is 1. The number of amides is 1. The highest BCUT2D eigenvalue weighted by molar-refractivity contribution is 5.89. The molecule has 2 saturated carbocycles. The van der Waals surface area contributed by atoms with Crippen LogP contribution in [0.25, 0.3) is 0 Å². The molecule has 6 nitrogen and oxygen atoms in total. The second-order valence-corrected chi connectivity index (χ2v) is 7.77. The molecule has 2 N–H and O–H groups in total. The van der Waals surface area contributed by atoms with Crippen LogP contribution < -0.4 is 10.1 Å². The van der Waals surface area contributed by atoms with Crippen LogP contribution in [0.15, 0.2) is 24.3 Å². The molecule has 1 amide bonds. The Morgan fingerprint density at radius 1 is 1.30 bits per heavy atom. The standard InChI is InChI=1S/C21H30N2O4/c1-3-23(14-19(24)25)17-12-16(13-17)22-20(26)21(9-4-5-10-21)15-7-6-8-18(11-15)27-2/h6-8,11,16-17H,3-5,9-10,12-14H2,1-2H3,(H,22,26)(H,24,25). The third kappa shape index (κ3) is 4.10. The quantitative estimate of drug-likeness (QED) is 0.731. The molecular weight excluding hydrogens is 344 g/mol. The van der Waals surface area contributed by atoms with Gasteiger partial charge in [0.05, 0.1) is 19.1 Å². The molecule has 27 heavy (non-hydrogen) atoms. The molecule has 148 valence electrons. The summed E-state index contributed by atoms with van der Waals surface area (Å²) in [6, 6.07) is 8.25. The first kappa shape index (κ1) is 19.7. The summed E-state index contributed by atoms with van der Waals surface area (Å²) in [5, 5.41) is 12.3. The summed E-state index contributed by atoms with van der Waals surface area (Å²) in [7, 11) is 1.64. The maximum Gasteiger partial charge on any atom is 0.317 e. The molecule has 2 fully saturated rings. The Bertz CT molecular complexity index is 679. The van der Waals surface area contributed by atoms with Crippen molar-refractivity contribution in [2.24, 2.45) is 0 Å². The number of likely N-dealkylation sites (N-methyl/N-ethyl adjacent to an activating group) is 1. The number of hydrogen-bond acceptors (Lipinski definition) is 4. The molecule has 0 bridgehead atoms. The first-order valence-electron chi connectivity index (χ1n) is 9.90. The van der Waals surface area contributed by atoms with Gasteiger partial charge in [0.2, 0.25) is 5.91 Å². The molecule has 0 saturated heterocycles. The lowest BCUT2D eigenvalue weighted by molar-refractivity contribution is -0.140. The smallest absolute Gasteiger partial charge is 0.317 e. The third-order valence-electron chi connectivity index (χ3n) is 6.22. The number of hydrogen-bond donors (Lipinski definition) is 2. The number of carbonyl (C=O) groups excluding carboxylic acids is 1. The van der Waals surface area contributed by atoms with Crippen LogP contribution in [0.5, 0.6) is 5.75 Å². The molecular formula is C21H30N2O4. The van der Waals surface area contributed by atoms with E-state index in [0.29, 0.717) is 6.54 Å². The van der Waals surface area contributed by atoms with Gasteiger partial charge in [0.1, 0.15) is 5.75 Å². The van der Waals surface area contributed by atoms with Crippen LogP contribution in [0, 0.1) is 0 Å². The van der Waals surface area contributed by atoms with Crippen LogP contribution in [0.1, 0.15) is 51.0 Å². The fourth-order valence-electron chi connectivity index (χ4n) is 4.55. The molecule has 6 heteroatoms. The summed E-state index contributed by atoms with van der Waals surface area (Å²) in [5.74, 6) is 0.0906. The predicted molar refractivity (Wildman–Crippen MR) is 103 cm³/mol. The van der Waals surface area contributed by atoms with Crippen LogP contribution in [-0.4, -0.2) is 54.2 Å². The Morgan fingerprint density at radius 3 is 2.59 bits per heavy atom. The number of carboxylic acid groups (broad SMARTS) is 1. The lowest BCUT2D eigenvalue weighted by Gasteiger charge is -2.43. The van der Waals surface area contributed by atoms with Gasteiger partial charge in [-0.05, 0) is 49.9 Å². The lowest BCUT2D eigenvalue weighted by Crippen LogP contribution is -2.57. The van der Waals surface area contributed by atoms with Crippen molar-refractivity contribution in [2.75, 3.05) is 20.2 Å². The number of benzene rings is 1. The van der Waals surface area contributed by atoms with Crippen LogP contribution in [0.4, 0.5) is 0 Å². The van der Waals surface area contributed by atoms with Gasteiger partial charge in [-0.2, -0.15) is 0 Å². The predicted octanol–water partition coefficient (Wildman–Crippen LogP) is 2.56. The SMILES string of the molecule is CCN(CC(=O)O)C1CC(NC(=O)C2(c3cccc(OC)c3)CCCC2)C1. The molecule has 1 aromatic rings. The van der Waals surface area contributed by atoms with Crippen LogP contribution >= 0.6 is 0 Å². The van der Waals surface area contributed by atoms with Crippen molar-refractivity contribution in [3.8, 4) is 5.75 Å². The van der Waals surface area contributed by atoms with Gasteiger partial charge in [0, 0.05) is 12.1 Å². The molecule has 0 atom stereocenters. The van der Waals surface area contributed by atoms with Crippen molar-refractivity contribution in [1.82, 2.24) is 10.2 Å². The summed E-state index contributed by atoms with van der Waals surface area (Å²) in [6.07, 6.45) is 5.48. The number of nitrogens with one attached hydrogen (secondary N) is 1. The van der Waals surface area contributed by atoms with Crippen molar-refractivity contribution in [1.29, 1.82) is 0 Å². The van der Waals surface area contributed by atoms with E-state index >= 15 is 0 Å². The minimum Gasteiger partial charge on any atom is -0.497 e. The zero-order chi connectivity index (χ0) is 19.4.